The van der Waals surface area contributed by atoms with Crippen molar-refractivity contribution in [3.8, 4) is 5.75 Å². The van der Waals surface area contributed by atoms with Crippen LogP contribution in [-0.4, -0.2) is 46.2 Å². The molecule has 0 unspecified atom stereocenters. The van der Waals surface area contributed by atoms with Crippen molar-refractivity contribution in [3.05, 3.63) is 65.2 Å². The summed E-state index contributed by atoms with van der Waals surface area (Å²) in [6, 6.07) is 16.1. The Balaban J connectivity index is 0.000000589. The van der Waals surface area contributed by atoms with Gasteiger partial charge in [-0.05, 0) is 36.1 Å². The van der Waals surface area contributed by atoms with Gasteiger partial charge < -0.3 is 19.8 Å². The third kappa shape index (κ3) is 5.58. The number of hydrogen-bond acceptors (Lipinski definition) is 5. The highest BCUT2D eigenvalue weighted by Gasteiger charge is 2.33. The number of carbonyl (C=O) groups excluding carboxylic acids is 1. The molecule has 1 fully saturated rings. The first-order valence-corrected chi connectivity index (χ1v) is 10.1. The first-order valence-electron chi connectivity index (χ1n) is 10.1. The standard InChI is InChI=1S/C21H24N2O3.C2H4O2/c24-14-15-6-9-20-17(12-15)13-23(10-11-26-20)21(25)19-8-7-18(22-19)16-4-2-1-3-5-16;1-2(3)4/h1-6,9,12,18-19,22,24H,7-8,10-11,13-14H2;1H3,(H,3,4)/t18-,19-;/m1./s1. The molecule has 0 bridgehead atoms. The summed E-state index contributed by atoms with van der Waals surface area (Å²) < 4.78 is 5.79. The zero-order valence-electron chi connectivity index (χ0n) is 17.1. The fraction of sp³-hybridized carbons (Fsp3) is 0.391. The molecular formula is C23H28N2O5. The number of benzene rings is 2. The Morgan fingerprint density at radius 3 is 2.60 bits per heavy atom. The summed E-state index contributed by atoms with van der Waals surface area (Å²) in [5.41, 5.74) is 3.03. The van der Waals surface area contributed by atoms with E-state index in [1.807, 2.05) is 41.3 Å². The van der Waals surface area contributed by atoms with E-state index in [-0.39, 0.29) is 24.6 Å². The fourth-order valence-electron chi connectivity index (χ4n) is 3.84. The summed E-state index contributed by atoms with van der Waals surface area (Å²) in [5, 5.41) is 20.3. The van der Waals surface area contributed by atoms with Crippen molar-refractivity contribution in [1.29, 1.82) is 0 Å². The lowest BCUT2D eigenvalue weighted by molar-refractivity contribution is -0.135. The molecule has 0 aromatic heterocycles. The van der Waals surface area contributed by atoms with Gasteiger partial charge in [0.2, 0.25) is 5.91 Å². The first kappa shape index (κ1) is 21.8. The van der Waals surface area contributed by atoms with Crippen LogP contribution in [-0.2, 0) is 22.7 Å². The number of aliphatic carboxylic acids is 1. The Morgan fingerprint density at radius 1 is 1.17 bits per heavy atom. The summed E-state index contributed by atoms with van der Waals surface area (Å²) in [4.78, 5) is 23.9. The third-order valence-electron chi connectivity index (χ3n) is 5.25. The molecule has 160 valence electrons. The molecule has 0 saturated carbocycles. The number of carbonyl (C=O) groups is 2. The molecule has 2 aromatic carbocycles. The summed E-state index contributed by atoms with van der Waals surface area (Å²) in [6.07, 6.45) is 1.81. The second kappa shape index (κ2) is 10.2. The predicted octanol–water partition coefficient (Wildman–Crippen LogP) is 2.48. The number of carboxylic acids is 1. The van der Waals surface area contributed by atoms with Crippen molar-refractivity contribution in [2.45, 2.75) is 45.0 Å². The summed E-state index contributed by atoms with van der Waals surface area (Å²) in [5.74, 6) is 0.105. The van der Waals surface area contributed by atoms with Crippen molar-refractivity contribution in [3.63, 3.8) is 0 Å². The number of nitrogens with zero attached hydrogens (tertiary/aromatic N) is 1. The summed E-state index contributed by atoms with van der Waals surface area (Å²) >= 11 is 0. The quantitative estimate of drug-likeness (QED) is 0.716. The number of fused-ring (bicyclic) bond motifs is 1. The molecule has 1 saturated heterocycles. The van der Waals surface area contributed by atoms with E-state index in [9.17, 15) is 9.90 Å². The predicted molar refractivity (Wildman–Crippen MR) is 112 cm³/mol. The third-order valence-corrected chi connectivity index (χ3v) is 5.25. The highest BCUT2D eigenvalue weighted by atomic mass is 16.5. The monoisotopic (exact) mass is 412 g/mol. The number of aliphatic hydroxyl groups excluding tert-OH is 1. The van der Waals surface area contributed by atoms with Gasteiger partial charge in [-0.15, -0.1) is 0 Å². The summed E-state index contributed by atoms with van der Waals surface area (Å²) in [6.45, 7) is 2.67. The van der Waals surface area contributed by atoms with Gasteiger partial charge in [0, 0.05) is 25.1 Å². The zero-order chi connectivity index (χ0) is 21.5. The molecule has 2 atom stereocenters. The van der Waals surface area contributed by atoms with E-state index < -0.39 is 5.97 Å². The molecule has 7 nitrogen and oxygen atoms in total. The molecule has 2 aliphatic rings. The normalized spacial score (nSPS) is 20.3. The van der Waals surface area contributed by atoms with E-state index in [0.717, 1.165) is 36.6 Å². The van der Waals surface area contributed by atoms with Gasteiger partial charge >= 0.3 is 0 Å². The average molecular weight is 412 g/mol. The minimum absolute atomic E-state index is 0.00976. The van der Waals surface area contributed by atoms with Crippen LogP contribution in [0, 0.1) is 0 Å². The van der Waals surface area contributed by atoms with Crippen LogP contribution in [0.25, 0.3) is 0 Å². The van der Waals surface area contributed by atoms with Gasteiger partial charge in [-0.25, -0.2) is 0 Å². The van der Waals surface area contributed by atoms with Crippen LogP contribution in [0.15, 0.2) is 48.5 Å². The second-order valence-electron chi connectivity index (χ2n) is 7.49. The van der Waals surface area contributed by atoms with Crippen molar-refractivity contribution in [1.82, 2.24) is 10.2 Å². The number of hydrogen-bond donors (Lipinski definition) is 3. The minimum Gasteiger partial charge on any atom is -0.491 e. The van der Waals surface area contributed by atoms with Crippen LogP contribution in [0.3, 0.4) is 0 Å². The largest absolute Gasteiger partial charge is 0.491 e. The van der Waals surface area contributed by atoms with E-state index in [0.29, 0.717) is 19.7 Å². The van der Waals surface area contributed by atoms with E-state index in [4.69, 9.17) is 14.6 Å². The van der Waals surface area contributed by atoms with E-state index in [2.05, 4.69) is 17.4 Å². The topological polar surface area (TPSA) is 99.1 Å². The number of carboxylic acid groups (broad SMARTS) is 1. The highest BCUT2D eigenvalue weighted by molar-refractivity contribution is 5.82. The highest BCUT2D eigenvalue weighted by Crippen LogP contribution is 2.29. The molecule has 4 rings (SSSR count). The fourth-order valence-corrected chi connectivity index (χ4v) is 3.84. The summed E-state index contributed by atoms with van der Waals surface area (Å²) in [7, 11) is 0. The Hall–Kier alpha value is -2.90. The number of ether oxygens (including phenoxy) is 1. The lowest BCUT2D eigenvalue weighted by Crippen LogP contribution is -2.44. The smallest absolute Gasteiger partial charge is 0.300 e. The van der Waals surface area contributed by atoms with Gasteiger partial charge in [0.15, 0.2) is 0 Å². The first-order chi connectivity index (χ1) is 14.5. The maximum atomic E-state index is 13.1. The lowest BCUT2D eigenvalue weighted by Gasteiger charge is -2.24. The zero-order valence-corrected chi connectivity index (χ0v) is 17.1. The van der Waals surface area contributed by atoms with Gasteiger partial charge in [0.25, 0.3) is 5.97 Å². The molecule has 2 aromatic rings. The number of nitrogens with one attached hydrogen (secondary N) is 1. The maximum absolute atomic E-state index is 13.1. The van der Waals surface area contributed by atoms with E-state index >= 15 is 0 Å². The molecular weight excluding hydrogens is 384 g/mol. The van der Waals surface area contributed by atoms with E-state index in [1.54, 1.807) is 0 Å². The molecule has 2 aliphatic heterocycles. The van der Waals surface area contributed by atoms with E-state index in [1.165, 1.54) is 5.56 Å². The molecule has 30 heavy (non-hydrogen) atoms. The number of amides is 1. The van der Waals surface area contributed by atoms with Crippen LogP contribution in [0.1, 0.15) is 42.5 Å². The second-order valence-corrected chi connectivity index (χ2v) is 7.49. The Labute approximate surface area is 176 Å². The number of aliphatic hydroxyl groups is 1. The molecule has 1 amide bonds. The van der Waals surface area contributed by atoms with Crippen molar-refractivity contribution >= 4 is 11.9 Å². The number of rotatable bonds is 3. The van der Waals surface area contributed by atoms with Gasteiger partial charge in [-0.2, -0.15) is 0 Å². The molecule has 3 N–H and O–H groups in total. The van der Waals surface area contributed by atoms with Gasteiger partial charge in [0.1, 0.15) is 12.4 Å². The van der Waals surface area contributed by atoms with Crippen LogP contribution in [0.4, 0.5) is 0 Å². The van der Waals surface area contributed by atoms with Crippen LogP contribution in [0.2, 0.25) is 0 Å². The minimum atomic E-state index is -0.833. The van der Waals surface area contributed by atoms with Gasteiger partial charge in [-0.1, -0.05) is 36.4 Å². The van der Waals surface area contributed by atoms with Crippen molar-refractivity contribution < 1.29 is 24.5 Å². The molecule has 7 heteroatoms. The van der Waals surface area contributed by atoms with Crippen LogP contribution < -0.4 is 10.1 Å². The SMILES string of the molecule is CC(=O)O.O=C([C@H]1CC[C@H](c2ccccc2)N1)N1CCOc2ccc(CO)cc2C1. The molecule has 2 heterocycles. The van der Waals surface area contributed by atoms with Gasteiger partial charge in [-0.3, -0.25) is 14.9 Å². The Kier molecular flexibility index (Phi) is 7.43. The van der Waals surface area contributed by atoms with Crippen LogP contribution >= 0.6 is 0 Å². The lowest BCUT2D eigenvalue weighted by atomic mass is 10.1. The Bertz CT molecular complexity index is 867. The molecule has 0 aliphatic carbocycles. The molecule has 0 spiro atoms. The van der Waals surface area contributed by atoms with Crippen molar-refractivity contribution in [2.24, 2.45) is 0 Å². The van der Waals surface area contributed by atoms with Gasteiger partial charge in [0.05, 0.1) is 19.2 Å². The average Bonchev–Trinajstić information content (AvgIpc) is 3.14. The van der Waals surface area contributed by atoms with Crippen LogP contribution in [0.5, 0.6) is 5.75 Å². The molecule has 0 radical (unpaired) electrons. The maximum Gasteiger partial charge on any atom is 0.300 e. The van der Waals surface area contributed by atoms with Crippen molar-refractivity contribution in [2.75, 3.05) is 13.2 Å². The Morgan fingerprint density at radius 2 is 1.90 bits per heavy atom.